The van der Waals surface area contributed by atoms with Crippen molar-refractivity contribution in [1.29, 1.82) is 0 Å². The Labute approximate surface area is 124 Å². The average Bonchev–Trinajstić information content (AvgIpc) is 2.95. The molecule has 0 aromatic heterocycles. The number of benzene rings is 2. The molecule has 0 aliphatic carbocycles. The number of hydrogen-bond acceptors (Lipinski definition) is 2. The summed E-state index contributed by atoms with van der Waals surface area (Å²) in [5.41, 5.74) is 5.12. The molecule has 0 spiro atoms. The van der Waals surface area contributed by atoms with E-state index in [-0.39, 0.29) is 11.7 Å². The fourth-order valence-corrected chi connectivity index (χ4v) is 3.63. The van der Waals surface area contributed by atoms with Crippen LogP contribution in [-0.4, -0.2) is 25.1 Å². The van der Waals surface area contributed by atoms with Gasteiger partial charge in [0.15, 0.2) is 0 Å². The molecule has 2 heterocycles. The summed E-state index contributed by atoms with van der Waals surface area (Å²) in [6.45, 7) is 2.66. The molecule has 2 nitrogen and oxygen atoms in total. The van der Waals surface area contributed by atoms with Gasteiger partial charge in [0.2, 0.25) is 0 Å². The Morgan fingerprint density at radius 1 is 1.19 bits per heavy atom. The highest BCUT2D eigenvalue weighted by Crippen LogP contribution is 2.39. The molecule has 2 aromatic carbocycles. The molecule has 0 bridgehead atoms. The summed E-state index contributed by atoms with van der Waals surface area (Å²) in [6.07, 6.45) is 0.988. The van der Waals surface area contributed by atoms with E-state index in [0.29, 0.717) is 0 Å². The van der Waals surface area contributed by atoms with Crippen LogP contribution >= 0.6 is 0 Å². The molecular formula is C18H18FNO. The SMILES string of the molecule is CN1Cc2c(ccc3c2CCO3)C(c2cccc(F)c2)C1. The van der Waals surface area contributed by atoms with E-state index in [4.69, 9.17) is 4.74 Å². The van der Waals surface area contributed by atoms with Crippen LogP contribution in [0.1, 0.15) is 28.2 Å². The minimum absolute atomic E-state index is 0.160. The molecule has 1 atom stereocenters. The van der Waals surface area contributed by atoms with E-state index in [0.717, 1.165) is 37.4 Å². The van der Waals surface area contributed by atoms with E-state index in [1.54, 1.807) is 12.1 Å². The molecule has 0 fully saturated rings. The second-order valence-corrected chi connectivity index (χ2v) is 6.01. The van der Waals surface area contributed by atoms with Crippen LogP contribution in [0.25, 0.3) is 0 Å². The molecule has 108 valence electrons. The van der Waals surface area contributed by atoms with Crippen molar-refractivity contribution in [2.75, 3.05) is 20.2 Å². The first-order valence-corrected chi connectivity index (χ1v) is 7.44. The van der Waals surface area contributed by atoms with Crippen LogP contribution in [0.5, 0.6) is 5.75 Å². The summed E-state index contributed by atoms with van der Waals surface area (Å²) in [7, 11) is 2.13. The van der Waals surface area contributed by atoms with Crippen LogP contribution in [0.3, 0.4) is 0 Å². The Morgan fingerprint density at radius 3 is 2.95 bits per heavy atom. The summed E-state index contributed by atoms with van der Waals surface area (Å²) in [5, 5.41) is 0. The summed E-state index contributed by atoms with van der Waals surface area (Å²) in [5.74, 6) is 1.11. The fraction of sp³-hybridized carbons (Fsp3) is 0.333. The maximum atomic E-state index is 13.6. The minimum Gasteiger partial charge on any atom is -0.493 e. The van der Waals surface area contributed by atoms with E-state index >= 15 is 0 Å². The molecular weight excluding hydrogens is 265 g/mol. The lowest BCUT2D eigenvalue weighted by atomic mass is 9.82. The average molecular weight is 283 g/mol. The Balaban J connectivity index is 1.85. The van der Waals surface area contributed by atoms with Crippen molar-refractivity contribution in [2.24, 2.45) is 0 Å². The molecule has 2 aromatic rings. The maximum absolute atomic E-state index is 13.6. The number of ether oxygens (including phenoxy) is 1. The van der Waals surface area contributed by atoms with Crippen molar-refractivity contribution in [3.8, 4) is 5.75 Å². The topological polar surface area (TPSA) is 12.5 Å². The third kappa shape index (κ3) is 2.12. The van der Waals surface area contributed by atoms with Gasteiger partial charge in [-0.1, -0.05) is 18.2 Å². The number of likely N-dealkylation sites (N-methyl/N-ethyl adjacent to an activating group) is 1. The van der Waals surface area contributed by atoms with Gasteiger partial charge in [-0.3, -0.25) is 0 Å². The lowest BCUT2D eigenvalue weighted by Crippen LogP contribution is -2.31. The van der Waals surface area contributed by atoms with Crippen LogP contribution in [0, 0.1) is 5.82 Å². The summed E-state index contributed by atoms with van der Waals surface area (Å²) < 4.78 is 19.3. The first kappa shape index (κ1) is 12.8. The Kier molecular flexibility index (Phi) is 2.96. The molecule has 3 heteroatoms. The monoisotopic (exact) mass is 283 g/mol. The molecule has 2 aliphatic heterocycles. The van der Waals surface area contributed by atoms with Crippen LogP contribution in [0.15, 0.2) is 36.4 Å². The highest BCUT2D eigenvalue weighted by molar-refractivity contribution is 5.51. The Hall–Kier alpha value is -1.87. The standard InChI is InChI=1S/C18H18FNO/c1-20-10-16(12-3-2-4-13(19)9-12)14-5-6-18-15(7-8-21-18)17(14)11-20/h2-6,9,16H,7-8,10-11H2,1H3. The predicted octanol–water partition coefficient (Wildman–Crippen LogP) is 3.34. The molecule has 1 unspecified atom stereocenters. The van der Waals surface area contributed by atoms with Crippen LogP contribution in [0.4, 0.5) is 4.39 Å². The van der Waals surface area contributed by atoms with Gasteiger partial charge in [0.05, 0.1) is 6.61 Å². The first-order chi connectivity index (χ1) is 10.2. The zero-order valence-corrected chi connectivity index (χ0v) is 12.1. The van der Waals surface area contributed by atoms with E-state index in [1.807, 2.05) is 6.07 Å². The third-order valence-corrected chi connectivity index (χ3v) is 4.58. The van der Waals surface area contributed by atoms with E-state index in [9.17, 15) is 4.39 Å². The van der Waals surface area contributed by atoms with Crippen molar-refractivity contribution in [1.82, 2.24) is 4.90 Å². The van der Waals surface area contributed by atoms with Gasteiger partial charge in [0.1, 0.15) is 11.6 Å². The molecule has 0 saturated carbocycles. The van der Waals surface area contributed by atoms with Crippen LogP contribution in [0.2, 0.25) is 0 Å². The van der Waals surface area contributed by atoms with Gasteiger partial charge in [-0.05, 0) is 41.9 Å². The normalized spacial score (nSPS) is 20.8. The highest BCUT2D eigenvalue weighted by atomic mass is 19.1. The van der Waals surface area contributed by atoms with Gasteiger partial charge in [-0.25, -0.2) is 4.39 Å². The van der Waals surface area contributed by atoms with Gasteiger partial charge in [-0.15, -0.1) is 0 Å². The van der Waals surface area contributed by atoms with Gasteiger partial charge in [0.25, 0.3) is 0 Å². The molecule has 0 N–H and O–H groups in total. The quantitative estimate of drug-likeness (QED) is 0.796. The van der Waals surface area contributed by atoms with Crippen LogP contribution in [-0.2, 0) is 13.0 Å². The highest BCUT2D eigenvalue weighted by Gasteiger charge is 2.29. The first-order valence-electron chi connectivity index (χ1n) is 7.44. The largest absolute Gasteiger partial charge is 0.493 e. The van der Waals surface area contributed by atoms with E-state index in [1.165, 1.54) is 22.8 Å². The number of halogens is 1. The second-order valence-electron chi connectivity index (χ2n) is 6.01. The van der Waals surface area contributed by atoms with Crippen molar-refractivity contribution in [3.63, 3.8) is 0 Å². The molecule has 21 heavy (non-hydrogen) atoms. The zero-order valence-electron chi connectivity index (χ0n) is 12.1. The van der Waals surface area contributed by atoms with Crippen molar-refractivity contribution in [3.05, 3.63) is 64.5 Å². The van der Waals surface area contributed by atoms with Gasteiger partial charge in [-0.2, -0.15) is 0 Å². The van der Waals surface area contributed by atoms with Crippen LogP contribution < -0.4 is 4.74 Å². The molecule has 0 radical (unpaired) electrons. The lowest BCUT2D eigenvalue weighted by Gasteiger charge is -2.33. The lowest BCUT2D eigenvalue weighted by molar-refractivity contribution is 0.294. The zero-order chi connectivity index (χ0) is 14.4. The van der Waals surface area contributed by atoms with E-state index < -0.39 is 0 Å². The van der Waals surface area contributed by atoms with Crippen molar-refractivity contribution >= 4 is 0 Å². The van der Waals surface area contributed by atoms with Crippen molar-refractivity contribution in [2.45, 2.75) is 18.9 Å². The number of hydrogen-bond donors (Lipinski definition) is 0. The van der Waals surface area contributed by atoms with Crippen molar-refractivity contribution < 1.29 is 9.13 Å². The number of nitrogens with zero attached hydrogens (tertiary/aromatic N) is 1. The summed E-state index contributed by atoms with van der Waals surface area (Å²) in [6, 6.07) is 11.3. The Morgan fingerprint density at radius 2 is 2.10 bits per heavy atom. The van der Waals surface area contributed by atoms with Gasteiger partial charge < -0.3 is 9.64 Å². The number of fused-ring (bicyclic) bond motifs is 3. The van der Waals surface area contributed by atoms with Gasteiger partial charge >= 0.3 is 0 Å². The smallest absolute Gasteiger partial charge is 0.123 e. The predicted molar refractivity (Wildman–Crippen MR) is 80.2 cm³/mol. The molecule has 2 aliphatic rings. The maximum Gasteiger partial charge on any atom is 0.123 e. The molecule has 4 rings (SSSR count). The summed E-state index contributed by atoms with van der Waals surface area (Å²) in [4.78, 5) is 2.32. The minimum atomic E-state index is -0.160. The Bertz CT molecular complexity index is 698. The molecule has 0 saturated heterocycles. The summed E-state index contributed by atoms with van der Waals surface area (Å²) >= 11 is 0. The third-order valence-electron chi connectivity index (χ3n) is 4.58. The second kappa shape index (κ2) is 4.85. The number of rotatable bonds is 1. The fourth-order valence-electron chi connectivity index (χ4n) is 3.63. The molecule has 0 amide bonds. The van der Waals surface area contributed by atoms with E-state index in [2.05, 4.69) is 24.1 Å². The van der Waals surface area contributed by atoms with Gasteiger partial charge in [0, 0.05) is 31.0 Å².